The van der Waals surface area contributed by atoms with Crippen LogP contribution in [0.3, 0.4) is 0 Å². The predicted molar refractivity (Wildman–Crippen MR) is 83.0 cm³/mol. The molecule has 1 aromatic carbocycles. The maximum Gasteiger partial charge on any atom is 0.277 e. The number of amides is 1. The molecule has 0 radical (unpaired) electrons. The van der Waals surface area contributed by atoms with E-state index >= 15 is 0 Å². The third kappa shape index (κ3) is 4.67. The van der Waals surface area contributed by atoms with Gasteiger partial charge in [-0.05, 0) is 12.1 Å². The first-order chi connectivity index (χ1) is 10.4. The van der Waals surface area contributed by atoms with Crippen LogP contribution in [0.25, 0.3) is 0 Å². The Balaban J connectivity index is 1.76. The van der Waals surface area contributed by atoms with Crippen molar-refractivity contribution in [1.29, 1.82) is 0 Å². The minimum absolute atomic E-state index is 0.0575. The second-order valence-corrected chi connectivity index (χ2v) is 7.54. The molecule has 1 aromatic rings. The number of halogens is 1. The first kappa shape index (κ1) is 17.2. The summed E-state index contributed by atoms with van der Waals surface area (Å²) in [4.78, 5) is 14.2. The van der Waals surface area contributed by atoms with Crippen molar-refractivity contribution < 1.29 is 17.6 Å². The molecule has 1 heterocycles. The molecule has 122 valence electrons. The molecule has 2 N–H and O–H groups in total. The smallest absolute Gasteiger partial charge is 0.277 e. The maximum absolute atomic E-state index is 13.4. The van der Waals surface area contributed by atoms with E-state index in [0.29, 0.717) is 23.7 Å². The molecule has 0 aliphatic carbocycles. The summed E-state index contributed by atoms with van der Waals surface area (Å²) in [5, 5.41) is 5.05. The van der Waals surface area contributed by atoms with Gasteiger partial charge < -0.3 is 4.90 Å². The monoisotopic (exact) mass is 347 g/mol. The number of rotatable bonds is 5. The minimum atomic E-state index is -3.68. The Kier molecular flexibility index (Phi) is 5.79. The van der Waals surface area contributed by atoms with Crippen LogP contribution in [0.2, 0.25) is 0 Å². The van der Waals surface area contributed by atoms with Gasteiger partial charge in [-0.25, -0.2) is 9.53 Å². The second-order valence-electron chi connectivity index (χ2n) is 4.85. The fourth-order valence-corrected chi connectivity index (χ4v) is 3.71. The van der Waals surface area contributed by atoms with E-state index < -0.39 is 10.2 Å². The summed E-state index contributed by atoms with van der Waals surface area (Å²) in [7, 11) is -3.68. The summed E-state index contributed by atoms with van der Waals surface area (Å²) in [6.45, 7) is 1.09. The highest BCUT2D eigenvalue weighted by Gasteiger charge is 2.26. The van der Waals surface area contributed by atoms with E-state index in [1.165, 1.54) is 17.8 Å². The number of thioether (sulfide) groups is 1. The van der Waals surface area contributed by atoms with E-state index in [4.69, 9.17) is 5.14 Å². The van der Waals surface area contributed by atoms with Gasteiger partial charge in [0.1, 0.15) is 5.82 Å². The van der Waals surface area contributed by atoms with Crippen LogP contribution >= 0.6 is 11.8 Å². The SMILES string of the molecule is NS(=O)(=O)N1CCN(C(=O)CCSc2ccccc2F)CC1. The number of benzene rings is 1. The van der Waals surface area contributed by atoms with Crippen LogP contribution in [0.1, 0.15) is 6.42 Å². The summed E-state index contributed by atoms with van der Waals surface area (Å²) in [6.07, 6.45) is 0.286. The molecule has 22 heavy (non-hydrogen) atoms. The number of nitrogens with two attached hydrogens (primary N) is 1. The molecule has 0 atom stereocenters. The Bertz CT molecular complexity index is 631. The zero-order chi connectivity index (χ0) is 16.2. The van der Waals surface area contributed by atoms with Gasteiger partial charge >= 0.3 is 0 Å². The molecule has 1 saturated heterocycles. The van der Waals surface area contributed by atoms with Crippen LogP contribution in [0.4, 0.5) is 4.39 Å². The molecule has 0 spiro atoms. The topological polar surface area (TPSA) is 83.7 Å². The Morgan fingerprint density at radius 1 is 1.23 bits per heavy atom. The predicted octanol–water partition coefficient (Wildman–Crippen LogP) is 0.656. The van der Waals surface area contributed by atoms with Gasteiger partial charge in [0, 0.05) is 43.2 Å². The van der Waals surface area contributed by atoms with Crippen LogP contribution < -0.4 is 5.14 Å². The maximum atomic E-state index is 13.4. The molecule has 1 amide bonds. The second kappa shape index (κ2) is 7.40. The first-order valence-electron chi connectivity index (χ1n) is 6.81. The van der Waals surface area contributed by atoms with Crippen molar-refractivity contribution in [2.75, 3.05) is 31.9 Å². The number of carbonyl (C=O) groups excluding carboxylic acids is 1. The standard InChI is InChI=1S/C13H18FN3O3S2/c14-11-3-1-2-4-12(11)21-10-5-13(18)16-6-8-17(9-7-16)22(15,19)20/h1-4H,5-10H2,(H2,15,19,20). The van der Waals surface area contributed by atoms with Gasteiger partial charge in [0.2, 0.25) is 5.91 Å². The van der Waals surface area contributed by atoms with Crippen molar-refractivity contribution in [3.8, 4) is 0 Å². The van der Waals surface area contributed by atoms with Gasteiger partial charge in [-0.2, -0.15) is 12.7 Å². The van der Waals surface area contributed by atoms with E-state index in [0.717, 1.165) is 4.31 Å². The average molecular weight is 347 g/mol. The normalized spacial score (nSPS) is 16.7. The Morgan fingerprint density at radius 3 is 2.45 bits per heavy atom. The summed E-state index contributed by atoms with van der Waals surface area (Å²) in [5.41, 5.74) is 0. The first-order valence-corrected chi connectivity index (χ1v) is 9.30. The zero-order valence-electron chi connectivity index (χ0n) is 11.9. The van der Waals surface area contributed by atoms with Gasteiger partial charge in [-0.3, -0.25) is 4.79 Å². The molecular formula is C13H18FN3O3S2. The molecule has 0 unspecified atom stereocenters. The number of hydrogen-bond acceptors (Lipinski definition) is 4. The Hall–Kier alpha value is -1.16. The van der Waals surface area contributed by atoms with E-state index in [1.54, 1.807) is 23.1 Å². The van der Waals surface area contributed by atoms with Crippen molar-refractivity contribution in [2.45, 2.75) is 11.3 Å². The Labute approximate surface area is 133 Å². The summed E-state index contributed by atoms with van der Waals surface area (Å²) in [5.74, 6) is 0.134. The third-order valence-electron chi connectivity index (χ3n) is 3.36. The van der Waals surface area contributed by atoms with Gasteiger partial charge in [0.15, 0.2) is 0 Å². The summed E-state index contributed by atoms with van der Waals surface area (Å²) < 4.78 is 37.0. The highest BCUT2D eigenvalue weighted by molar-refractivity contribution is 7.99. The molecule has 9 heteroatoms. The number of hydrogen-bond donors (Lipinski definition) is 1. The molecule has 0 aromatic heterocycles. The highest BCUT2D eigenvalue weighted by Crippen LogP contribution is 2.22. The minimum Gasteiger partial charge on any atom is -0.340 e. The van der Waals surface area contributed by atoms with Crippen LogP contribution in [0.5, 0.6) is 0 Å². The molecule has 1 aliphatic rings. The van der Waals surface area contributed by atoms with Crippen LogP contribution in [-0.4, -0.2) is 55.5 Å². The molecular weight excluding hydrogens is 329 g/mol. The van der Waals surface area contributed by atoms with Crippen molar-refractivity contribution >= 4 is 27.9 Å². The van der Waals surface area contributed by atoms with Crippen molar-refractivity contribution in [3.63, 3.8) is 0 Å². The average Bonchev–Trinajstić information content (AvgIpc) is 2.48. The molecule has 0 bridgehead atoms. The van der Waals surface area contributed by atoms with Crippen molar-refractivity contribution in [1.82, 2.24) is 9.21 Å². The van der Waals surface area contributed by atoms with Gasteiger partial charge in [0.05, 0.1) is 0 Å². The summed E-state index contributed by atoms with van der Waals surface area (Å²) >= 11 is 1.30. The fourth-order valence-electron chi connectivity index (χ4n) is 2.16. The number of nitrogens with zero attached hydrogens (tertiary/aromatic N) is 2. The van der Waals surface area contributed by atoms with Crippen molar-refractivity contribution in [3.05, 3.63) is 30.1 Å². The quantitative estimate of drug-likeness (QED) is 0.793. The van der Waals surface area contributed by atoms with E-state index in [9.17, 15) is 17.6 Å². The molecule has 1 fully saturated rings. The van der Waals surface area contributed by atoms with Crippen LogP contribution in [-0.2, 0) is 15.0 Å². The lowest BCUT2D eigenvalue weighted by atomic mass is 10.3. The largest absolute Gasteiger partial charge is 0.340 e. The molecule has 6 nitrogen and oxygen atoms in total. The molecule has 2 rings (SSSR count). The van der Waals surface area contributed by atoms with Gasteiger partial charge in [-0.15, -0.1) is 11.8 Å². The summed E-state index contributed by atoms with van der Waals surface area (Å²) in [6, 6.07) is 6.43. The molecule has 1 aliphatic heterocycles. The van der Waals surface area contributed by atoms with E-state index in [2.05, 4.69) is 0 Å². The Morgan fingerprint density at radius 2 is 1.86 bits per heavy atom. The molecule has 0 saturated carbocycles. The fraction of sp³-hybridized carbons (Fsp3) is 0.462. The third-order valence-corrected chi connectivity index (χ3v) is 5.50. The lowest BCUT2D eigenvalue weighted by Crippen LogP contribution is -2.52. The van der Waals surface area contributed by atoms with Crippen LogP contribution in [0.15, 0.2) is 29.2 Å². The lowest BCUT2D eigenvalue weighted by molar-refractivity contribution is -0.131. The van der Waals surface area contributed by atoms with Crippen LogP contribution in [0, 0.1) is 5.82 Å². The van der Waals surface area contributed by atoms with E-state index in [1.807, 2.05) is 0 Å². The highest BCUT2D eigenvalue weighted by atomic mass is 32.2. The van der Waals surface area contributed by atoms with Gasteiger partial charge in [-0.1, -0.05) is 12.1 Å². The number of piperazine rings is 1. The van der Waals surface area contributed by atoms with Crippen molar-refractivity contribution in [2.24, 2.45) is 5.14 Å². The van der Waals surface area contributed by atoms with E-state index in [-0.39, 0.29) is 31.2 Å². The van der Waals surface area contributed by atoms with Gasteiger partial charge in [0.25, 0.3) is 10.2 Å². The zero-order valence-corrected chi connectivity index (χ0v) is 13.6. The number of carbonyl (C=O) groups is 1. The lowest BCUT2D eigenvalue weighted by Gasteiger charge is -2.33.